The zero-order valence-electron chi connectivity index (χ0n) is 17.6. The molecule has 0 atom stereocenters. The lowest BCUT2D eigenvalue weighted by atomic mass is 10.1. The van der Waals surface area contributed by atoms with Gasteiger partial charge in [-0.15, -0.1) is 9.53 Å². The average molecular weight is 484 g/mol. The van der Waals surface area contributed by atoms with Crippen LogP contribution in [0.4, 0.5) is 26.0 Å². The van der Waals surface area contributed by atoms with Gasteiger partial charge in [-0.05, 0) is 36.4 Å². The Kier molecular flexibility index (Phi) is 5.61. The van der Waals surface area contributed by atoms with E-state index in [0.717, 1.165) is 0 Å². The molecule has 1 saturated heterocycles. The summed E-state index contributed by atoms with van der Waals surface area (Å²) >= 11 is 6.15. The molecule has 2 aromatic carbocycles. The predicted molar refractivity (Wildman–Crippen MR) is 125 cm³/mol. The number of benzene rings is 2. The van der Waals surface area contributed by atoms with Crippen molar-refractivity contribution < 1.29 is 17.5 Å². The fraction of sp³-hybridized carbons (Fsp3) is 0.333. The highest BCUT2D eigenvalue weighted by molar-refractivity contribution is 8.12. The molecule has 172 valence electrons. The van der Waals surface area contributed by atoms with Crippen LogP contribution in [0, 0.1) is 0 Å². The Bertz CT molecular complexity index is 1240. The van der Waals surface area contributed by atoms with E-state index in [4.69, 9.17) is 11.6 Å². The Morgan fingerprint density at radius 3 is 2.56 bits per heavy atom. The van der Waals surface area contributed by atoms with Crippen LogP contribution in [0.2, 0.25) is 5.02 Å². The summed E-state index contributed by atoms with van der Waals surface area (Å²) in [5.74, 6) is -2.25. The van der Waals surface area contributed by atoms with Crippen molar-refractivity contribution in [3.05, 3.63) is 47.7 Å². The number of halogens is 3. The first-order valence-corrected chi connectivity index (χ1v) is 12.7. The standard InChI is InChI=1S/C21H24ClF2N5O2S/c1-25-32(2,30,31)15-4-6-19(29-9-7-21(23,24)8-10-29)18(12-15)28-20-16-11-14(22)3-5-17(16)26-13-27-20/h3-6,11-13H,7-10H2,1-2H3,(H2,25,30,31)(H,26,27,28). The molecular formula is C21H24ClF2N5O2S. The average Bonchev–Trinajstić information content (AvgIpc) is 2.74. The maximum atomic E-state index is 13.7. The summed E-state index contributed by atoms with van der Waals surface area (Å²) in [5.41, 5.74) is 1.77. The van der Waals surface area contributed by atoms with Crippen LogP contribution in [-0.2, 0) is 9.53 Å². The molecule has 3 N–H and O–H groups in total. The summed E-state index contributed by atoms with van der Waals surface area (Å²) < 4.78 is 53.7. The van der Waals surface area contributed by atoms with Crippen molar-refractivity contribution >= 4 is 49.2 Å². The first-order chi connectivity index (χ1) is 15.0. The Balaban J connectivity index is 1.81. The number of piperidine rings is 1. The van der Waals surface area contributed by atoms with E-state index in [9.17, 15) is 17.5 Å². The van der Waals surface area contributed by atoms with Gasteiger partial charge in [-0.1, -0.05) is 11.6 Å². The van der Waals surface area contributed by atoms with Gasteiger partial charge in [0.05, 0.1) is 21.8 Å². The molecule has 0 radical (unpaired) electrons. The van der Waals surface area contributed by atoms with Crippen LogP contribution in [0.25, 0.3) is 10.9 Å². The molecule has 1 aliphatic rings. The lowest BCUT2D eigenvalue weighted by molar-refractivity contribution is -0.0220. The Morgan fingerprint density at radius 1 is 1.16 bits per heavy atom. The minimum atomic E-state index is -4.30. The van der Waals surface area contributed by atoms with Gasteiger partial charge in [0.25, 0.3) is 5.92 Å². The monoisotopic (exact) mass is 483 g/mol. The van der Waals surface area contributed by atoms with Crippen LogP contribution in [0.5, 0.6) is 0 Å². The first-order valence-electron chi connectivity index (χ1n) is 9.99. The number of hydrogen-bond donors (Lipinski definition) is 3. The van der Waals surface area contributed by atoms with Gasteiger partial charge in [-0.2, -0.15) is 4.21 Å². The van der Waals surface area contributed by atoms with Gasteiger partial charge in [-0.25, -0.2) is 23.5 Å². The largest absolute Gasteiger partial charge is 0.369 e. The number of anilines is 3. The molecule has 2 heterocycles. The van der Waals surface area contributed by atoms with Crippen molar-refractivity contribution in [2.75, 3.05) is 36.6 Å². The number of hydrogen-bond acceptors (Lipinski definition) is 5. The molecule has 7 nitrogen and oxygen atoms in total. The highest BCUT2D eigenvalue weighted by Crippen LogP contribution is 2.39. The highest BCUT2D eigenvalue weighted by atomic mass is 35.5. The summed E-state index contributed by atoms with van der Waals surface area (Å²) in [4.78, 5) is 10.5. The first kappa shape index (κ1) is 22.8. The zero-order chi connectivity index (χ0) is 23.2. The molecule has 0 amide bonds. The van der Waals surface area contributed by atoms with Crippen LogP contribution in [-0.4, -0.2) is 51.0 Å². The van der Waals surface area contributed by atoms with Crippen LogP contribution in [0.3, 0.4) is 0 Å². The van der Waals surface area contributed by atoms with E-state index in [1.807, 2.05) is 4.90 Å². The van der Waals surface area contributed by atoms with Crippen molar-refractivity contribution in [2.45, 2.75) is 23.7 Å². The van der Waals surface area contributed by atoms with E-state index >= 15 is 0 Å². The van der Waals surface area contributed by atoms with Gasteiger partial charge in [0.15, 0.2) is 0 Å². The molecule has 0 bridgehead atoms. The van der Waals surface area contributed by atoms with E-state index in [2.05, 4.69) is 20.0 Å². The summed E-state index contributed by atoms with van der Waals surface area (Å²) in [6.07, 6.45) is 2.10. The molecule has 0 saturated carbocycles. The van der Waals surface area contributed by atoms with E-state index in [1.165, 1.54) is 25.7 Å². The smallest absolute Gasteiger partial charge is 0.251 e. The molecule has 4 rings (SSSR count). The number of nitrogens with one attached hydrogen (secondary N) is 2. The quantitative estimate of drug-likeness (QED) is 0.488. The molecule has 1 aliphatic heterocycles. The summed E-state index contributed by atoms with van der Waals surface area (Å²) in [7, 11) is -2.89. The second-order valence-corrected chi connectivity index (χ2v) is 11.9. The minimum Gasteiger partial charge on any atom is -0.369 e. The number of alkyl halides is 2. The van der Waals surface area contributed by atoms with Gasteiger partial charge in [-0.3, -0.25) is 4.55 Å². The zero-order valence-corrected chi connectivity index (χ0v) is 19.2. The number of rotatable bonds is 5. The molecule has 32 heavy (non-hydrogen) atoms. The van der Waals surface area contributed by atoms with Crippen LogP contribution in [0.1, 0.15) is 12.8 Å². The van der Waals surface area contributed by atoms with Crippen molar-refractivity contribution in [2.24, 2.45) is 0 Å². The Hall–Kier alpha value is -2.40. The molecule has 3 aromatic rings. The SMILES string of the molecule is CNS(C)(=O)(O)c1ccc(N2CCC(F)(F)CC2)c(Nc2ncnc3ccc(Cl)cc23)c1. The lowest BCUT2D eigenvalue weighted by Crippen LogP contribution is -2.44. The number of nitrogens with zero attached hydrogens (tertiary/aromatic N) is 3. The van der Waals surface area contributed by atoms with E-state index in [1.54, 1.807) is 30.3 Å². The summed E-state index contributed by atoms with van der Waals surface area (Å²) in [6, 6.07) is 9.95. The maximum Gasteiger partial charge on any atom is 0.251 e. The summed E-state index contributed by atoms with van der Waals surface area (Å²) in [6.45, 7) is 0.321. The van der Waals surface area contributed by atoms with Gasteiger partial charge >= 0.3 is 0 Å². The fourth-order valence-corrected chi connectivity index (χ4v) is 4.83. The molecule has 0 spiro atoms. The van der Waals surface area contributed by atoms with E-state index < -0.39 is 15.5 Å². The fourth-order valence-electron chi connectivity index (χ4n) is 3.64. The second kappa shape index (κ2) is 7.87. The Morgan fingerprint density at radius 2 is 1.88 bits per heavy atom. The minimum absolute atomic E-state index is 0.161. The lowest BCUT2D eigenvalue weighted by Gasteiger charge is -2.40. The third-order valence-corrected chi connectivity index (χ3v) is 8.25. The second-order valence-electron chi connectivity index (χ2n) is 8.02. The van der Waals surface area contributed by atoms with Gasteiger partial charge < -0.3 is 10.2 Å². The number of aromatic nitrogens is 2. The maximum absolute atomic E-state index is 13.7. The van der Waals surface area contributed by atoms with E-state index in [0.29, 0.717) is 33.1 Å². The normalized spacial score (nSPS) is 17.7. The molecule has 11 heteroatoms. The molecule has 0 unspecified atom stereocenters. The highest BCUT2D eigenvalue weighted by Gasteiger charge is 2.35. The molecule has 1 fully saturated rings. The van der Waals surface area contributed by atoms with Crippen molar-refractivity contribution in [3.8, 4) is 0 Å². The predicted octanol–water partition coefficient (Wildman–Crippen LogP) is 4.68. The van der Waals surface area contributed by atoms with Crippen LogP contribution in [0.15, 0.2) is 47.6 Å². The topological polar surface area (TPSA) is 90.4 Å². The van der Waals surface area contributed by atoms with Crippen molar-refractivity contribution in [1.29, 1.82) is 0 Å². The van der Waals surface area contributed by atoms with Crippen molar-refractivity contribution in [1.82, 2.24) is 14.7 Å². The molecule has 0 aliphatic carbocycles. The van der Waals surface area contributed by atoms with Crippen molar-refractivity contribution in [3.63, 3.8) is 0 Å². The van der Waals surface area contributed by atoms with Crippen LogP contribution >= 0.6 is 11.6 Å². The Labute approximate surface area is 189 Å². The van der Waals surface area contributed by atoms with Gasteiger partial charge in [0, 0.05) is 49.6 Å². The molecular weight excluding hydrogens is 460 g/mol. The van der Waals surface area contributed by atoms with Gasteiger partial charge in [0.2, 0.25) is 0 Å². The molecule has 1 aromatic heterocycles. The number of fused-ring (bicyclic) bond motifs is 1. The van der Waals surface area contributed by atoms with Crippen LogP contribution < -0.4 is 14.9 Å². The third kappa shape index (κ3) is 4.54. The van der Waals surface area contributed by atoms with E-state index in [-0.39, 0.29) is 30.8 Å². The van der Waals surface area contributed by atoms with Gasteiger partial charge in [0.1, 0.15) is 12.1 Å². The summed E-state index contributed by atoms with van der Waals surface area (Å²) in [5, 5.41) is 4.38. The third-order valence-electron chi connectivity index (χ3n) is 5.69.